The van der Waals surface area contributed by atoms with Gasteiger partial charge in [-0.1, -0.05) is 282 Å². The number of benzene rings is 7. The SMILES string of the molecule is CCCC[N+](CCCC)(CCCC)CCCC.c1ccc(B(c2ccccc2)c2ccccc2)cc1.c1ccc([B-](c2ccccc2)(c2ccccc2)c2ccccc2)cc1. The fourth-order valence-corrected chi connectivity index (χ4v) is 9.28. The predicted molar refractivity (Wildman–Crippen MR) is 273 cm³/mol. The molecule has 7 rings (SSSR count). The summed E-state index contributed by atoms with van der Waals surface area (Å²) in [6, 6.07) is 75.6. The van der Waals surface area contributed by atoms with Crippen molar-refractivity contribution in [2.75, 3.05) is 26.2 Å². The smallest absolute Gasteiger partial charge is 0.241 e. The Labute approximate surface area is 371 Å². The van der Waals surface area contributed by atoms with E-state index < -0.39 is 6.15 Å². The van der Waals surface area contributed by atoms with Crippen molar-refractivity contribution in [3.63, 3.8) is 0 Å². The molecule has 314 valence electrons. The third kappa shape index (κ3) is 13.3. The third-order valence-electron chi connectivity index (χ3n) is 12.5. The molecule has 0 saturated heterocycles. The number of rotatable bonds is 19. The van der Waals surface area contributed by atoms with E-state index in [9.17, 15) is 0 Å². The maximum atomic E-state index is 2.33. The molecule has 0 fully saturated rings. The molecule has 0 heterocycles. The topological polar surface area (TPSA) is 0 Å². The first kappa shape index (κ1) is 46.7. The van der Waals surface area contributed by atoms with Gasteiger partial charge in [-0.05, 0) is 25.7 Å². The van der Waals surface area contributed by atoms with Crippen molar-refractivity contribution in [2.24, 2.45) is 0 Å². The highest BCUT2D eigenvalue weighted by Crippen LogP contribution is 2.16. The summed E-state index contributed by atoms with van der Waals surface area (Å²) >= 11 is 0. The molecule has 0 aromatic heterocycles. The van der Waals surface area contributed by atoms with Crippen LogP contribution in [0, 0.1) is 0 Å². The molecule has 0 aliphatic carbocycles. The Morgan fingerprint density at radius 3 is 0.689 bits per heavy atom. The maximum Gasteiger partial charge on any atom is 0.241 e. The van der Waals surface area contributed by atoms with Crippen molar-refractivity contribution >= 4 is 51.1 Å². The molecule has 0 unspecified atom stereocenters. The van der Waals surface area contributed by atoms with Crippen molar-refractivity contribution < 1.29 is 4.48 Å². The van der Waals surface area contributed by atoms with Gasteiger partial charge in [0.1, 0.15) is 6.15 Å². The normalized spacial score (nSPS) is 11.1. The molecule has 0 spiro atoms. The van der Waals surface area contributed by atoms with Crippen LogP contribution in [0.2, 0.25) is 0 Å². The van der Waals surface area contributed by atoms with Crippen LogP contribution in [0.25, 0.3) is 0 Å². The van der Waals surface area contributed by atoms with E-state index in [0.29, 0.717) is 6.71 Å². The molecular formula is C58H71B2N. The lowest BCUT2D eigenvalue weighted by Crippen LogP contribution is -2.74. The highest BCUT2D eigenvalue weighted by atomic mass is 15.3. The van der Waals surface area contributed by atoms with Crippen LogP contribution in [0.15, 0.2) is 212 Å². The van der Waals surface area contributed by atoms with Crippen molar-refractivity contribution in [2.45, 2.75) is 79.1 Å². The lowest BCUT2D eigenvalue weighted by molar-refractivity contribution is -0.929. The standard InChI is InChI=1S/C24H20B.C18H15B.C16H36N/c1-5-13-21(14-6-1)25(22-15-7-2-8-16-22,23-17-9-3-10-18-23)24-19-11-4-12-20-24;1-4-10-16(11-5-1)19(17-12-6-2-7-13-17)18-14-8-3-9-15-18;1-5-9-13-17(14-10-6-2,15-11-7-3)16-12-8-4/h1-20H;1-15H;5-16H2,1-4H3/q-1;;+1. The molecule has 0 radical (unpaired) electrons. The first-order valence-electron chi connectivity index (χ1n) is 23.5. The molecule has 1 nitrogen and oxygen atoms in total. The van der Waals surface area contributed by atoms with E-state index in [4.69, 9.17) is 0 Å². The number of unbranched alkanes of at least 4 members (excludes halogenated alkanes) is 4. The second-order valence-corrected chi connectivity index (χ2v) is 16.8. The average molecular weight is 804 g/mol. The van der Waals surface area contributed by atoms with Gasteiger partial charge in [0.15, 0.2) is 0 Å². The van der Waals surface area contributed by atoms with Crippen LogP contribution in [-0.4, -0.2) is 43.5 Å². The zero-order chi connectivity index (χ0) is 42.9. The third-order valence-corrected chi connectivity index (χ3v) is 12.5. The van der Waals surface area contributed by atoms with E-state index in [1.165, 1.54) is 120 Å². The summed E-state index contributed by atoms with van der Waals surface area (Å²) in [7, 11) is 0. The Morgan fingerprint density at radius 2 is 0.492 bits per heavy atom. The molecule has 0 atom stereocenters. The molecular weight excluding hydrogens is 732 g/mol. The monoisotopic (exact) mass is 804 g/mol. The molecule has 0 bridgehead atoms. The Bertz CT molecular complexity index is 1830. The van der Waals surface area contributed by atoms with Crippen LogP contribution in [0.1, 0.15) is 79.1 Å². The van der Waals surface area contributed by atoms with Crippen molar-refractivity contribution in [3.8, 4) is 0 Å². The second kappa shape index (κ2) is 26.1. The minimum Gasteiger partial charge on any atom is -0.324 e. The lowest BCUT2D eigenvalue weighted by Gasteiger charge is -2.44. The van der Waals surface area contributed by atoms with E-state index in [1.807, 2.05) is 0 Å². The molecule has 61 heavy (non-hydrogen) atoms. The quantitative estimate of drug-likeness (QED) is 0.0565. The zero-order valence-corrected chi connectivity index (χ0v) is 37.8. The summed E-state index contributed by atoms with van der Waals surface area (Å²) in [5.74, 6) is 0. The van der Waals surface area contributed by atoms with Gasteiger partial charge in [-0.2, -0.15) is 21.9 Å². The van der Waals surface area contributed by atoms with E-state index in [2.05, 4.69) is 240 Å². The van der Waals surface area contributed by atoms with E-state index in [-0.39, 0.29) is 0 Å². The van der Waals surface area contributed by atoms with Crippen molar-refractivity contribution in [1.29, 1.82) is 0 Å². The van der Waals surface area contributed by atoms with Crippen LogP contribution in [0.5, 0.6) is 0 Å². The molecule has 0 aliphatic rings. The fourth-order valence-electron chi connectivity index (χ4n) is 9.28. The summed E-state index contributed by atoms with van der Waals surface area (Å²) in [6.07, 6.45) is 9.85. The minimum absolute atomic E-state index is 0.309. The summed E-state index contributed by atoms with van der Waals surface area (Å²) in [6.45, 7) is 15.3. The number of hydrogen-bond donors (Lipinski definition) is 0. The van der Waals surface area contributed by atoms with Crippen molar-refractivity contribution in [3.05, 3.63) is 212 Å². The van der Waals surface area contributed by atoms with Gasteiger partial charge in [0.25, 0.3) is 0 Å². The summed E-state index contributed by atoms with van der Waals surface area (Å²) in [5, 5.41) is 0. The fraction of sp³-hybridized carbons (Fsp3) is 0.276. The second-order valence-electron chi connectivity index (χ2n) is 16.8. The molecule has 3 heteroatoms. The predicted octanol–water partition coefficient (Wildman–Crippen LogP) is 10.3. The lowest BCUT2D eigenvalue weighted by atomic mass is 9.13. The highest BCUT2D eigenvalue weighted by Gasteiger charge is 2.31. The molecule has 0 N–H and O–H groups in total. The van der Waals surface area contributed by atoms with E-state index >= 15 is 0 Å². The van der Waals surface area contributed by atoms with E-state index in [1.54, 1.807) is 0 Å². The van der Waals surface area contributed by atoms with Crippen LogP contribution in [-0.2, 0) is 0 Å². The van der Waals surface area contributed by atoms with Gasteiger partial charge >= 0.3 is 0 Å². The van der Waals surface area contributed by atoms with Crippen molar-refractivity contribution in [1.82, 2.24) is 0 Å². The van der Waals surface area contributed by atoms with Gasteiger partial charge in [0.2, 0.25) is 6.71 Å². The molecule has 0 saturated carbocycles. The van der Waals surface area contributed by atoms with Gasteiger partial charge < -0.3 is 4.48 Å². The summed E-state index contributed by atoms with van der Waals surface area (Å²) in [5.41, 5.74) is 9.36. The van der Waals surface area contributed by atoms with Crippen LogP contribution in [0.4, 0.5) is 0 Å². The Balaban J connectivity index is 0.000000178. The number of quaternary nitrogens is 1. The zero-order valence-electron chi connectivity index (χ0n) is 37.8. The number of hydrogen-bond acceptors (Lipinski definition) is 0. The van der Waals surface area contributed by atoms with Gasteiger partial charge in [0, 0.05) is 0 Å². The van der Waals surface area contributed by atoms with Gasteiger partial charge in [-0.3, -0.25) is 0 Å². The molecule has 0 amide bonds. The van der Waals surface area contributed by atoms with E-state index in [0.717, 1.165) is 0 Å². The first-order chi connectivity index (χ1) is 30.1. The maximum absolute atomic E-state index is 2.33. The van der Waals surface area contributed by atoms with Gasteiger partial charge in [0.05, 0.1) is 26.2 Å². The summed E-state index contributed by atoms with van der Waals surface area (Å²) < 4.78 is 1.42. The largest absolute Gasteiger partial charge is 0.324 e. The molecule has 7 aromatic carbocycles. The summed E-state index contributed by atoms with van der Waals surface area (Å²) in [4.78, 5) is 0. The van der Waals surface area contributed by atoms with Gasteiger partial charge in [-0.25, -0.2) is 0 Å². The van der Waals surface area contributed by atoms with Gasteiger partial charge in [-0.15, -0.1) is 0 Å². The van der Waals surface area contributed by atoms with Crippen LogP contribution >= 0.6 is 0 Å². The minimum atomic E-state index is -1.22. The first-order valence-corrected chi connectivity index (χ1v) is 23.5. The van der Waals surface area contributed by atoms with Crippen LogP contribution in [0.3, 0.4) is 0 Å². The molecule has 7 aromatic rings. The highest BCUT2D eigenvalue weighted by molar-refractivity contribution is 7.19. The Morgan fingerprint density at radius 1 is 0.295 bits per heavy atom. The van der Waals surface area contributed by atoms with Crippen LogP contribution < -0.4 is 38.2 Å². The molecule has 0 aliphatic heterocycles. The number of nitrogens with zero attached hydrogens (tertiary/aromatic N) is 1. The Hall–Kier alpha value is -5.37. The average Bonchev–Trinajstić information content (AvgIpc) is 3.34. The Kier molecular flexibility index (Phi) is 20.0.